The number of carbonyl (C=O) groups is 1. The second kappa shape index (κ2) is 9.08. The van der Waals surface area contributed by atoms with E-state index in [9.17, 15) is 4.79 Å². The molecule has 0 aliphatic carbocycles. The molecule has 1 aliphatic rings. The molecule has 1 unspecified atom stereocenters. The van der Waals surface area contributed by atoms with Gasteiger partial charge in [0.2, 0.25) is 5.91 Å². The SMILES string of the molecule is Cc1ccccc1-c1ccc(N2CCCC(C(=O)N(C)Cc3ccccc3)C2)nn1. The smallest absolute Gasteiger partial charge is 0.227 e. The van der Waals surface area contributed by atoms with Gasteiger partial charge in [-0.3, -0.25) is 4.79 Å². The van der Waals surface area contributed by atoms with Crippen molar-refractivity contribution in [3.63, 3.8) is 0 Å². The van der Waals surface area contributed by atoms with E-state index >= 15 is 0 Å². The minimum atomic E-state index is -0.00898. The molecule has 5 nitrogen and oxygen atoms in total. The molecule has 0 spiro atoms. The number of amides is 1. The normalized spacial score (nSPS) is 16.3. The second-order valence-corrected chi connectivity index (χ2v) is 8.06. The molecule has 1 aromatic heterocycles. The van der Waals surface area contributed by atoms with E-state index < -0.39 is 0 Å². The topological polar surface area (TPSA) is 49.3 Å². The monoisotopic (exact) mass is 400 g/mol. The fourth-order valence-corrected chi connectivity index (χ4v) is 4.13. The van der Waals surface area contributed by atoms with Gasteiger partial charge in [0.25, 0.3) is 0 Å². The van der Waals surface area contributed by atoms with Gasteiger partial charge in [-0.25, -0.2) is 0 Å². The summed E-state index contributed by atoms with van der Waals surface area (Å²) < 4.78 is 0. The summed E-state index contributed by atoms with van der Waals surface area (Å²) in [5.74, 6) is 1.04. The fraction of sp³-hybridized carbons (Fsp3) is 0.320. The first-order chi connectivity index (χ1) is 14.6. The van der Waals surface area contributed by atoms with Crippen molar-refractivity contribution in [1.29, 1.82) is 0 Å². The standard InChI is InChI=1S/C25H28N4O/c1-19-9-6-7-13-22(19)23-14-15-24(27-26-23)29-16-8-12-21(18-29)25(30)28(2)17-20-10-4-3-5-11-20/h3-7,9-11,13-15,21H,8,12,16-18H2,1-2H3. The summed E-state index contributed by atoms with van der Waals surface area (Å²) in [6, 6.07) is 22.4. The lowest BCUT2D eigenvalue weighted by Crippen LogP contribution is -2.43. The molecule has 0 bridgehead atoms. The maximum atomic E-state index is 13.0. The van der Waals surface area contributed by atoms with E-state index in [2.05, 4.69) is 46.3 Å². The highest BCUT2D eigenvalue weighted by Gasteiger charge is 2.28. The third-order valence-corrected chi connectivity index (χ3v) is 5.80. The van der Waals surface area contributed by atoms with E-state index in [-0.39, 0.29) is 11.8 Å². The molecule has 1 atom stereocenters. The molecule has 2 aromatic carbocycles. The number of anilines is 1. The third kappa shape index (κ3) is 4.51. The highest BCUT2D eigenvalue weighted by Crippen LogP contribution is 2.25. The predicted octanol–water partition coefficient (Wildman–Crippen LogP) is 4.33. The lowest BCUT2D eigenvalue weighted by atomic mass is 9.96. The second-order valence-electron chi connectivity index (χ2n) is 8.06. The first-order valence-corrected chi connectivity index (χ1v) is 10.6. The molecule has 4 rings (SSSR count). The van der Waals surface area contributed by atoms with E-state index in [0.29, 0.717) is 13.1 Å². The molecule has 0 N–H and O–H groups in total. The summed E-state index contributed by atoms with van der Waals surface area (Å²) in [6.07, 6.45) is 1.90. The van der Waals surface area contributed by atoms with Crippen LogP contribution in [0, 0.1) is 12.8 Å². The summed E-state index contributed by atoms with van der Waals surface area (Å²) in [5.41, 5.74) is 4.32. The Kier molecular flexibility index (Phi) is 6.07. The van der Waals surface area contributed by atoms with Crippen molar-refractivity contribution >= 4 is 11.7 Å². The molecule has 2 heterocycles. The maximum absolute atomic E-state index is 13.0. The lowest BCUT2D eigenvalue weighted by molar-refractivity contribution is -0.135. The number of nitrogens with zero attached hydrogens (tertiary/aromatic N) is 4. The number of aromatic nitrogens is 2. The van der Waals surface area contributed by atoms with E-state index in [1.807, 2.05) is 54.4 Å². The number of aryl methyl sites for hydroxylation is 1. The average Bonchev–Trinajstić information content (AvgIpc) is 2.80. The number of benzene rings is 2. The Morgan fingerprint density at radius 1 is 1.03 bits per heavy atom. The van der Waals surface area contributed by atoms with Crippen LogP contribution in [0.2, 0.25) is 0 Å². The minimum absolute atomic E-state index is 0.00898. The molecule has 1 aliphatic heterocycles. The van der Waals surface area contributed by atoms with Crippen molar-refractivity contribution in [1.82, 2.24) is 15.1 Å². The summed E-state index contributed by atoms with van der Waals surface area (Å²) >= 11 is 0. The van der Waals surface area contributed by atoms with E-state index in [1.165, 1.54) is 5.56 Å². The third-order valence-electron chi connectivity index (χ3n) is 5.80. The highest BCUT2D eigenvalue weighted by atomic mass is 16.2. The van der Waals surface area contributed by atoms with Crippen molar-refractivity contribution in [2.75, 3.05) is 25.0 Å². The van der Waals surface area contributed by atoms with Crippen LogP contribution in [0.25, 0.3) is 11.3 Å². The first kappa shape index (κ1) is 20.1. The number of carbonyl (C=O) groups excluding carboxylic acids is 1. The Labute approximate surface area is 178 Å². The van der Waals surface area contributed by atoms with Crippen molar-refractivity contribution in [2.45, 2.75) is 26.3 Å². The zero-order valence-corrected chi connectivity index (χ0v) is 17.7. The molecule has 0 radical (unpaired) electrons. The van der Waals surface area contributed by atoms with Gasteiger partial charge in [0.1, 0.15) is 0 Å². The average molecular weight is 401 g/mol. The predicted molar refractivity (Wildman–Crippen MR) is 120 cm³/mol. The molecule has 1 amide bonds. The van der Waals surface area contributed by atoms with Crippen LogP contribution in [0.3, 0.4) is 0 Å². The van der Waals surface area contributed by atoms with Gasteiger partial charge in [-0.15, -0.1) is 10.2 Å². The Hall–Kier alpha value is -3.21. The molecular formula is C25H28N4O. The van der Waals surface area contributed by atoms with Gasteiger partial charge in [0, 0.05) is 32.2 Å². The fourth-order valence-electron chi connectivity index (χ4n) is 4.13. The van der Waals surface area contributed by atoms with E-state index in [0.717, 1.165) is 42.0 Å². The largest absolute Gasteiger partial charge is 0.354 e. The number of hydrogen-bond donors (Lipinski definition) is 0. The van der Waals surface area contributed by atoms with Gasteiger partial charge < -0.3 is 9.80 Å². The Bertz CT molecular complexity index is 988. The zero-order chi connectivity index (χ0) is 20.9. The number of piperidine rings is 1. The zero-order valence-electron chi connectivity index (χ0n) is 17.7. The molecule has 1 saturated heterocycles. The van der Waals surface area contributed by atoms with Crippen LogP contribution in [0.1, 0.15) is 24.0 Å². The maximum Gasteiger partial charge on any atom is 0.227 e. The minimum Gasteiger partial charge on any atom is -0.354 e. The summed E-state index contributed by atoms with van der Waals surface area (Å²) in [7, 11) is 1.89. The van der Waals surface area contributed by atoms with Crippen LogP contribution in [0.4, 0.5) is 5.82 Å². The van der Waals surface area contributed by atoms with E-state index in [4.69, 9.17) is 0 Å². The van der Waals surface area contributed by atoms with Gasteiger partial charge in [-0.1, -0.05) is 54.6 Å². The van der Waals surface area contributed by atoms with Crippen molar-refractivity contribution in [3.05, 3.63) is 77.9 Å². The van der Waals surface area contributed by atoms with Gasteiger partial charge in [-0.05, 0) is 43.0 Å². The number of hydrogen-bond acceptors (Lipinski definition) is 4. The van der Waals surface area contributed by atoms with Crippen molar-refractivity contribution < 1.29 is 4.79 Å². The van der Waals surface area contributed by atoms with Crippen LogP contribution in [-0.2, 0) is 11.3 Å². The van der Waals surface area contributed by atoms with Gasteiger partial charge >= 0.3 is 0 Å². The van der Waals surface area contributed by atoms with Crippen LogP contribution < -0.4 is 4.90 Å². The van der Waals surface area contributed by atoms with Crippen molar-refractivity contribution in [2.24, 2.45) is 5.92 Å². The summed E-state index contributed by atoms with van der Waals surface area (Å²) in [6.45, 7) is 4.32. The molecule has 3 aromatic rings. The molecule has 154 valence electrons. The van der Waals surface area contributed by atoms with Crippen LogP contribution >= 0.6 is 0 Å². The summed E-state index contributed by atoms with van der Waals surface area (Å²) in [4.78, 5) is 17.1. The molecular weight excluding hydrogens is 372 g/mol. The summed E-state index contributed by atoms with van der Waals surface area (Å²) in [5, 5.41) is 8.94. The molecule has 5 heteroatoms. The Morgan fingerprint density at radius 3 is 2.53 bits per heavy atom. The lowest BCUT2D eigenvalue weighted by Gasteiger charge is -2.34. The van der Waals surface area contributed by atoms with Gasteiger partial charge in [0.15, 0.2) is 5.82 Å². The van der Waals surface area contributed by atoms with Gasteiger partial charge in [-0.2, -0.15) is 0 Å². The molecule has 1 fully saturated rings. The van der Waals surface area contributed by atoms with Crippen LogP contribution in [0.5, 0.6) is 0 Å². The molecule has 30 heavy (non-hydrogen) atoms. The molecule has 0 saturated carbocycles. The Morgan fingerprint density at radius 2 is 1.80 bits per heavy atom. The van der Waals surface area contributed by atoms with Gasteiger partial charge in [0.05, 0.1) is 11.6 Å². The van der Waals surface area contributed by atoms with Crippen LogP contribution in [0.15, 0.2) is 66.7 Å². The quantitative estimate of drug-likeness (QED) is 0.640. The first-order valence-electron chi connectivity index (χ1n) is 10.6. The van der Waals surface area contributed by atoms with Crippen LogP contribution in [-0.4, -0.2) is 41.1 Å². The number of rotatable bonds is 5. The van der Waals surface area contributed by atoms with Crippen molar-refractivity contribution in [3.8, 4) is 11.3 Å². The Balaban J connectivity index is 1.42. The van der Waals surface area contributed by atoms with E-state index in [1.54, 1.807) is 0 Å². The highest BCUT2D eigenvalue weighted by molar-refractivity contribution is 5.79.